The third-order valence-electron chi connectivity index (χ3n) is 14.2. The molecule has 1 aliphatic carbocycles. The van der Waals surface area contributed by atoms with Crippen LogP contribution in [0.5, 0.6) is 0 Å². The number of aromatic nitrogens is 5. The van der Waals surface area contributed by atoms with E-state index in [1.807, 2.05) is 18.2 Å². The molecular formula is C64H41N5. The molecule has 0 atom stereocenters. The topological polar surface area (TPSA) is 48.5 Å². The van der Waals surface area contributed by atoms with Crippen LogP contribution in [0.25, 0.3) is 100 Å². The maximum Gasteiger partial charge on any atom is 0.164 e. The molecule has 0 radical (unpaired) electrons. The molecule has 1 aliphatic rings. The summed E-state index contributed by atoms with van der Waals surface area (Å²) in [7, 11) is 0. The van der Waals surface area contributed by atoms with Crippen molar-refractivity contribution in [2.45, 2.75) is 5.41 Å². The molecule has 0 fully saturated rings. The summed E-state index contributed by atoms with van der Waals surface area (Å²) < 4.78 is 4.76. The highest BCUT2D eigenvalue weighted by atomic mass is 15.0. The van der Waals surface area contributed by atoms with Crippen molar-refractivity contribution in [3.63, 3.8) is 0 Å². The number of hydrogen-bond donors (Lipinski definition) is 0. The molecule has 322 valence electrons. The van der Waals surface area contributed by atoms with Gasteiger partial charge in [-0.15, -0.1) is 0 Å². The Balaban J connectivity index is 0.967. The molecule has 69 heavy (non-hydrogen) atoms. The van der Waals surface area contributed by atoms with Crippen LogP contribution in [0.2, 0.25) is 0 Å². The SMILES string of the molecule is c1ccc(-c2nc(-c3cccc(-n4c5ccccc5c5ccccc54)c3)nc(-c3cccc(-n4c5ccccc5c5cc6c(cc54)C(c4ccccc4)(c4ccccc4)c4ccccc4-6)c3)n2)cc1. The Morgan fingerprint density at radius 2 is 0.696 bits per heavy atom. The second kappa shape index (κ2) is 15.4. The Kier molecular flexibility index (Phi) is 8.73. The number of rotatable bonds is 7. The fraction of sp³-hybridized carbons (Fsp3) is 0.0156. The van der Waals surface area contributed by atoms with Crippen LogP contribution in [-0.4, -0.2) is 24.1 Å². The highest BCUT2D eigenvalue weighted by molar-refractivity contribution is 6.12. The second-order valence-electron chi connectivity index (χ2n) is 17.9. The summed E-state index contributed by atoms with van der Waals surface area (Å²) in [5.74, 6) is 1.83. The lowest BCUT2D eigenvalue weighted by Crippen LogP contribution is -2.28. The van der Waals surface area contributed by atoms with Crippen LogP contribution < -0.4 is 0 Å². The van der Waals surface area contributed by atoms with E-state index < -0.39 is 5.41 Å². The number of fused-ring (bicyclic) bond motifs is 9. The quantitative estimate of drug-likeness (QED) is 0.160. The van der Waals surface area contributed by atoms with Gasteiger partial charge in [-0.3, -0.25) is 0 Å². The van der Waals surface area contributed by atoms with E-state index in [2.05, 4.69) is 240 Å². The van der Waals surface area contributed by atoms with Crippen molar-refractivity contribution in [3.05, 3.63) is 271 Å². The molecule has 5 nitrogen and oxygen atoms in total. The van der Waals surface area contributed by atoms with Crippen molar-refractivity contribution < 1.29 is 0 Å². The Morgan fingerprint density at radius 1 is 0.275 bits per heavy atom. The monoisotopic (exact) mass is 879 g/mol. The van der Waals surface area contributed by atoms with E-state index in [4.69, 9.17) is 15.0 Å². The van der Waals surface area contributed by atoms with Crippen LogP contribution in [0.3, 0.4) is 0 Å². The molecule has 0 aliphatic heterocycles. The molecule has 0 saturated heterocycles. The lowest BCUT2D eigenvalue weighted by atomic mass is 9.67. The first-order chi connectivity index (χ1) is 34.2. The van der Waals surface area contributed by atoms with E-state index in [1.54, 1.807) is 0 Å². The zero-order chi connectivity index (χ0) is 45.5. The summed E-state index contributed by atoms with van der Waals surface area (Å²) in [6, 6.07) is 89.4. The van der Waals surface area contributed by atoms with Crippen LogP contribution in [0.15, 0.2) is 249 Å². The highest BCUT2D eigenvalue weighted by Crippen LogP contribution is 2.57. The van der Waals surface area contributed by atoms with Crippen LogP contribution in [0, 0.1) is 0 Å². The molecule has 13 aromatic rings. The summed E-state index contributed by atoms with van der Waals surface area (Å²) in [5.41, 5.74) is 16.4. The predicted molar refractivity (Wildman–Crippen MR) is 282 cm³/mol. The highest BCUT2D eigenvalue weighted by Gasteiger charge is 2.46. The molecule has 0 N–H and O–H groups in total. The predicted octanol–water partition coefficient (Wildman–Crippen LogP) is 15.4. The largest absolute Gasteiger partial charge is 0.309 e. The van der Waals surface area contributed by atoms with Crippen molar-refractivity contribution in [3.8, 4) is 56.7 Å². The van der Waals surface area contributed by atoms with E-state index in [-0.39, 0.29) is 0 Å². The second-order valence-corrected chi connectivity index (χ2v) is 17.9. The van der Waals surface area contributed by atoms with Gasteiger partial charge >= 0.3 is 0 Å². The molecule has 3 heterocycles. The normalized spacial score (nSPS) is 12.8. The average Bonchev–Trinajstić information content (AvgIpc) is 4.05. The van der Waals surface area contributed by atoms with Crippen LogP contribution in [0.4, 0.5) is 0 Å². The molecule has 0 amide bonds. The van der Waals surface area contributed by atoms with Gasteiger partial charge in [0.25, 0.3) is 0 Å². The van der Waals surface area contributed by atoms with Crippen molar-refractivity contribution >= 4 is 43.6 Å². The molecule has 5 heteroatoms. The van der Waals surface area contributed by atoms with Crippen molar-refractivity contribution in [2.75, 3.05) is 0 Å². The van der Waals surface area contributed by atoms with E-state index in [9.17, 15) is 0 Å². The smallest absolute Gasteiger partial charge is 0.164 e. The van der Waals surface area contributed by atoms with Gasteiger partial charge < -0.3 is 9.13 Å². The van der Waals surface area contributed by atoms with E-state index in [1.165, 1.54) is 54.9 Å². The molecule has 10 aromatic carbocycles. The fourth-order valence-corrected chi connectivity index (χ4v) is 11.3. The summed E-state index contributed by atoms with van der Waals surface area (Å²) in [6.45, 7) is 0. The fourth-order valence-electron chi connectivity index (χ4n) is 11.3. The summed E-state index contributed by atoms with van der Waals surface area (Å²) in [5, 5.41) is 4.85. The molecule has 0 saturated carbocycles. The minimum absolute atomic E-state index is 0.528. The maximum absolute atomic E-state index is 5.31. The number of para-hydroxylation sites is 3. The van der Waals surface area contributed by atoms with Crippen LogP contribution in [-0.2, 0) is 5.41 Å². The van der Waals surface area contributed by atoms with Crippen molar-refractivity contribution in [2.24, 2.45) is 0 Å². The van der Waals surface area contributed by atoms with Gasteiger partial charge in [-0.1, -0.05) is 194 Å². The van der Waals surface area contributed by atoms with Gasteiger partial charge in [-0.2, -0.15) is 0 Å². The van der Waals surface area contributed by atoms with Gasteiger partial charge in [0.1, 0.15) is 0 Å². The van der Waals surface area contributed by atoms with Gasteiger partial charge in [-0.05, 0) is 88.0 Å². The van der Waals surface area contributed by atoms with Crippen LogP contribution >= 0.6 is 0 Å². The Morgan fingerprint density at radius 3 is 1.25 bits per heavy atom. The third-order valence-corrected chi connectivity index (χ3v) is 14.2. The minimum Gasteiger partial charge on any atom is -0.309 e. The summed E-state index contributed by atoms with van der Waals surface area (Å²) >= 11 is 0. The van der Waals surface area contributed by atoms with Gasteiger partial charge in [0, 0.05) is 49.6 Å². The Bertz CT molecular complexity index is 4040. The van der Waals surface area contributed by atoms with Crippen molar-refractivity contribution in [1.29, 1.82) is 0 Å². The molecule has 14 rings (SSSR count). The first-order valence-electron chi connectivity index (χ1n) is 23.5. The van der Waals surface area contributed by atoms with Gasteiger partial charge in [0.05, 0.1) is 27.5 Å². The Labute approximate surface area is 398 Å². The molecule has 3 aromatic heterocycles. The number of benzene rings is 10. The first-order valence-corrected chi connectivity index (χ1v) is 23.5. The molecule has 0 bridgehead atoms. The van der Waals surface area contributed by atoms with Crippen LogP contribution in [0.1, 0.15) is 22.3 Å². The molecule has 0 unspecified atom stereocenters. The summed E-state index contributed by atoms with van der Waals surface area (Å²) in [6.07, 6.45) is 0. The van der Waals surface area contributed by atoms with E-state index in [0.29, 0.717) is 17.5 Å². The zero-order valence-corrected chi connectivity index (χ0v) is 37.4. The molecular weight excluding hydrogens is 839 g/mol. The number of nitrogens with zero attached hydrogens (tertiary/aromatic N) is 5. The lowest BCUT2D eigenvalue weighted by Gasteiger charge is -2.34. The van der Waals surface area contributed by atoms with E-state index >= 15 is 0 Å². The first kappa shape index (κ1) is 39.0. The Hall–Kier alpha value is -9.19. The third kappa shape index (κ3) is 5.94. The zero-order valence-electron chi connectivity index (χ0n) is 37.4. The van der Waals surface area contributed by atoms with Gasteiger partial charge in [0.2, 0.25) is 0 Å². The maximum atomic E-state index is 5.31. The summed E-state index contributed by atoms with van der Waals surface area (Å²) in [4.78, 5) is 15.7. The molecule has 0 spiro atoms. The number of hydrogen-bond acceptors (Lipinski definition) is 3. The standard InChI is InChI=1S/C64H41N5/c1-4-20-42(21-5-1)61-65-62(43-22-18-28-47(38-43)68-57-35-15-11-31-50(57)51-32-12-16-36-58(51)68)67-63(66-61)44-23-19-29-48(39-44)69-59-37-17-13-33-52(59)54-40-53-49-30-10-14-34-55(49)64(56(53)41-60(54)69,45-24-6-2-7-25-45)46-26-8-3-9-27-46/h1-41H. The van der Waals surface area contributed by atoms with Crippen molar-refractivity contribution in [1.82, 2.24) is 24.1 Å². The minimum atomic E-state index is -0.528. The lowest BCUT2D eigenvalue weighted by molar-refractivity contribution is 0.769. The van der Waals surface area contributed by atoms with Gasteiger partial charge in [0.15, 0.2) is 17.5 Å². The van der Waals surface area contributed by atoms with Gasteiger partial charge in [-0.25, -0.2) is 15.0 Å². The van der Waals surface area contributed by atoms with E-state index in [0.717, 1.165) is 50.1 Å². The average molecular weight is 880 g/mol.